The summed E-state index contributed by atoms with van der Waals surface area (Å²) in [4.78, 5) is 4.77. The monoisotopic (exact) mass is 477 g/mol. The molecule has 0 saturated heterocycles. The summed E-state index contributed by atoms with van der Waals surface area (Å²) in [6.07, 6.45) is 0. The number of halogens is 1. The topological polar surface area (TPSA) is 71.1 Å². The summed E-state index contributed by atoms with van der Waals surface area (Å²) in [5.74, 6) is 0.232. The Morgan fingerprint density at radius 1 is 0.879 bits per heavy atom. The minimum atomic E-state index is -3.48. The summed E-state index contributed by atoms with van der Waals surface area (Å²) < 4.78 is 42.4. The first-order valence-electron chi connectivity index (χ1n) is 10.3. The molecule has 5 rings (SSSR count). The summed E-state index contributed by atoms with van der Waals surface area (Å²) >= 11 is 1.60. The number of hydrogen-bond acceptors (Lipinski definition) is 5. The molecule has 0 aliphatic rings. The molecule has 3 aromatic carbocycles. The van der Waals surface area contributed by atoms with Gasteiger partial charge in [-0.15, -0.1) is 11.3 Å². The molecule has 0 fully saturated rings. The van der Waals surface area contributed by atoms with Crippen LogP contribution in [0.4, 0.5) is 15.9 Å². The minimum absolute atomic E-state index is 0.0722. The summed E-state index contributed by atoms with van der Waals surface area (Å²) in [6.45, 7) is 0.169. The molecule has 0 atom stereocenters. The van der Waals surface area contributed by atoms with Gasteiger partial charge in [-0.1, -0.05) is 48.5 Å². The van der Waals surface area contributed by atoms with Gasteiger partial charge in [0.1, 0.15) is 11.6 Å². The smallest absolute Gasteiger partial charge is 0.216 e. The van der Waals surface area contributed by atoms with Gasteiger partial charge in [0.05, 0.1) is 11.3 Å². The van der Waals surface area contributed by atoms with Crippen LogP contribution < -0.4 is 10.0 Å². The number of fused-ring (bicyclic) bond motifs is 3. The number of nitrogens with zero attached hydrogens (tertiary/aromatic N) is 1. The van der Waals surface area contributed by atoms with Gasteiger partial charge in [0.25, 0.3) is 0 Å². The second-order valence-corrected chi connectivity index (χ2v) is 10.4. The Labute approximate surface area is 195 Å². The number of thiophene rings is 1. The quantitative estimate of drug-likeness (QED) is 0.304. The lowest BCUT2D eigenvalue weighted by atomic mass is 10.1. The van der Waals surface area contributed by atoms with Gasteiger partial charge in [0.2, 0.25) is 10.0 Å². The van der Waals surface area contributed by atoms with Crippen molar-refractivity contribution >= 4 is 53.9 Å². The molecule has 0 amide bonds. The van der Waals surface area contributed by atoms with E-state index in [2.05, 4.69) is 10.0 Å². The van der Waals surface area contributed by atoms with Crippen LogP contribution in [-0.4, -0.2) is 13.4 Å². The van der Waals surface area contributed by atoms with E-state index in [1.807, 2.05) is 47.8 Å². The average molecular weight is 478 g/mol. The molecule has 166 valence electrons. The number of hydrogen-bond donors (Lipinski definition) is 2. The van der Waals surface area contributed by atoms with Crippen LogP contribution in [0.25, 0.3) is 21.0 Å². The van der Waals surface area contributed by atoms with Crippen LogP contribution in [0.1, 0.15) is 11.1 Å². The molecule has 0 aliphatic heterocycles. The molecule has 0 bridgehead atoms. The van der Waals surface area contributed by atoms with Gasteiger partial charge in [0.15, 0.2) is 0 Å². The van der Waals surface area contributed by atoms with Gasteiger partial charge in [-0.05, 0) is 46.8 Å². The molecule has 33 heavy (non-hydrogen) atoms. The number of pyridine rings is 1. The Hall–Kier alpha value is -3.33. The van der Waals surface area contributed by atoms with Crippen LogP contribution in [0.5, 0.6) is 0 Å². The number of sulfonamides is 1. The highest BCUT2D eigenvalue weighted by atomic mass is 32.2. The third-order valence-corrected chi connectivity index (χ3v) is 7.49. The second-order valence-electron chi connectivity index (χ2n) is 7.68. The summed E-state index contributed by atoms with van der Waals surface area (Å²) in [5, 5.41) is 7.15. The zero-order valence-electron chi connectivity index (χ0n) is 17.5. The zero-order valence-corrected chi connectivity index (χ0v) is 19.1. The first-order chi connectivity index (χ1) is 16.0. The van der Waals surface area contributed by atoms with Crippen LogP contribution in [0, 0.1) is 5.82 Å². The molecule has 5 nitrogen and oxygen atoms in total. The molecule has 2 N–H and O–H groups in total. The van der Waals surface area contributed by atoms with Crippen molar-refractivity contribution in [3.63, 3.8) is 0 Å². The Morgan fingerprint density at radius 2 is 1.73 bits per heavy atom. The number of nitrogens with one attached hydrogen (secondary N) is 2. The fourth-order valence-corrected chi connectivity index (χ4v) is 5.74. The highest BCUT2D eigenvalue weighted by Crippen LogP contribution is 2.35. The van der Waals surface area contributed by atoms with Gasteiger partial charge in [-0.3, -0.25) is 0 Å². The van der Waals surface area contributed by atoms with E-state index in [0.29, 0.717) is 11.5 Å². The predicted octanol–water partition coefficient (Wildman–Crippen LogP) is 5.95. The summed E-state index contributed by atoms with van der Waals surface area (Å²) in [7, 11) is -3.48. The van der Waals surface area contributed by atoms with Crippen LogP contribution in [0.3, 0.4) is 0 Å². The highest BCUT2D eigenvalue weighted by molar-refractivity contribution is 7.88. The minimum Gasteiger partial charge on any atom is -0.340 e. The van der Waals surface area contributed by atoms with Crippen molar-refractivity contribution in [3.05, 3.63) is 101 Å². The van der Waals surface area contributed by atoms with E-state index in [-0.39, 0.29) is 18.1 Å². The number of aromatic nitrogens is 1. The lowest BCUT2D eigenvalue weighted by Crippen LogP contribution is -2.24. The SMILES string of the molecule is O=S(=O)(Cc1ccccc1)NCc1ccc2c(c1)nc(Nc1cccc(F)c1)c1ccsc12. The Bertz CT molecular complexity index is 1550. The molecule has 2 heterocycles. The number of benzene rings is 3. The van der Waals surface area contributed by atoms with Crippen molar-refractivity contribution in [1.82, 2.24) is 9.71 Å². The van der Waals surface area contributed by atoms with Gasteiger partial charge >= 0.3 is 0 Å². The van der Waals surface area contributed by atoms with Crippen molar-refractivity contribution in [2.45, 2.75) is 12.3 Å². The maximum Gasteiger partial charge on any atom is 0.216 e. The van der Waals surface area contributed by atoms with E-state index >= 15 is 0 Å². The average Bonchev–Trinajstić information content (AvgIpc) is 3.29. The first-order valence-corrected chi connectivity index (χ1v) is 12.8. The normalized spacial score (nSPS) is 11.8. The summed E-state index contributed by atoms with van der Waals surface area (Å²) in [6, 6.07) is 23.1. The van der Waals surface area contributed by atoms with E-state index < -0.39 is 10.0 Å². The van der Waals surface area contributed by atoms with Crippen molar-refractivity contribution in [3.8, 4) is 0 Å². The second kappa shape index (κ2) is 8.90. The number of anilines is 2. The van der Waals surface area contributed by atoms with Gasteiger partial charge in [0, 0.05) is 27.7 Å². The van der Waals surface area contributed by atoms with Gasteiger partial charge < -0.3 is 5.32 Å². The Balaban J connectivity index is 1.43. The van der Waals surface area contributed by atoms with Crippen molar-refractivity contribution in [2.75, 3.05) is 5.32 Å². The zero-order chi connectivity index (χ0) is 22.8. The van der Waals surface area contributed by atoms with Crippen molar-refractivity contribution < 1.29 is 12.8 Å². The van der Waals surface area contributed by atoms with Crippen LogP contribution in [0.2, 0.25) is 0 Å². The third-order valence-electron chi connectivity index (χ3n) is 5.24. The van der Waals surface area contributed by atoms with E-state index in [4.69, 9.17) is 4.98 Å². The molecule has 0 radical (unpaired) electrons. The fraction of sp³-hybridized carbons (Fsp3) is 0.0800. The maximum absolute atomic E-state index is 13.6. The predicted molar refractivity (Wildman–Crippen MR) is 133 cm³/mol. The lowest BCUT2D eigenvalue weighted by Gasteiger charge is -2.11. The molecule has 0 saturated carbocycles. The molecule has 0 unspecified atom stereocenters. The van der Waals surface area contributed by atoms with E-state index in [9.17, 15) is 12.8 Å². The fourth-order valence-electron chi connectivity index (χ4n) is 3.69. The molecular formula is C25H20FN3O2S2. The third kappa shape index (κ3) is 4.88. The number of rotatable bonds is 7. The maximum atomic E-state index is 13.6. The van der Waals surface area contributed by atoms with Crippen LogP contribution >= 0.6 is 11.3 Å². The molecule has 5 aromatic rings. The van der Waals surface area contributed by atoms with E-state index in [1.54, 1.807) is 35.6 Å². The largest absolute Gasteiger partial charge is 0.340 e. The van der Waals surface area contributed by atoms with Crippen LogP contribution in [-0.2, 0) is 22.3 Å². The van der Waals surface area contributed by atoms with Gasteiger partial charge in [-0.25, -0.2) is 22.5 Å². The van der Waals surface area contributed by atoms with Crippen molar-refractivity contribution in [2.24, 2.45) is 0 Å². The Kier molecular flexibility index (Phi) is 5.80. The van der Waals surface area contributed by atoms with Gasteiger partial charge in [-0.2, -0.15) is 0 Å². The first kappa shape index (κ1) is 21.5. The van der Waals surface area contributed by atoms with Crippen molar-refractivity contribution in [1.29, 1.82) is 0 Å². The highest BCUT2D eigenvalue weighted by Gasteiger charge is 2.14. The molecule has 8 heteroatoms. The molecule has 2 aromatic heterocycles. The Morgan fingerprint density at radius 3 is 2.55 bits per heavy atom. The lowest BCUT2D eigenvalue weighted by molar-refractivity contribution is 0.580. The van der Waals surface area contributed by atoms with E-state index in [0.717, 1.165) is 32.1 Å². The van der Waals surface area contributed by atoms with E-state index in [1.165, 1.54) is 12.1 Å². The standard InChI is InChI=1S/C25H20FN3O2S2/c26-19-7-4-8-20(14-19)28-25-22-11-12-32-24(22)21-10-9-18(13-23(21)29-25)15-27-33(30,31)16-17-5-2-1-3-6-17/h1-14,27H,15-16H2,(H,28,29). The summed E-state index contributed by atoms with van der Waals surface area (Å²) in [5.41, 5.74) is 2.89. The van der Waals surface area contributed by atoms with Crippen LogP contribution in [0.15, 0.2) is 84.2 Å². The molecule has 0 aliphatic carbocycles. The molecular weight excluding hydrogens is 457 g/mol. The molecule has 0 spiro atoms.